The van der Waals surface area contributed by atoms with Crippen LogP contribution in [-0.4, -0.2) is 32.8 Å². The highest BCUT2D eigenvalue weighted by Crippen LogP contribution is 2.49. The maximum atomic E-state index is 7.60. The van der Waals surface area contributed by atoms with Crippen molar-refractivity contribution in [3.63, 3.8) is 0 Å². The Morgan fingerprint density at radius 2 is 1.00 bits per heavy atom. The summed E-state index contributed by atoms with van der Waals surface area (Å²) in [4.78, 5) is 0. The molecule has 3 unspecified atom stereocenters. The first-order valence-corrected chi connectivity index (χ1v) is 25.2. The van der Waals surface area contributed by atoms with Crippen LogP contribution < -0.4 is 15.6 Å². The average Bonchev–Trinajstić information content (AvgIpc) is 2.75. The van der Waals surface area contributed by atoms with Gasteiger partial charge in [0.05, 0.1) is 0 Å². The summed E-state index contributed by atoms with van der Waals surface area (Å²) in [6.07, 6.45) is -2.82. The summed E-state index contributed by atoms with van der Waals surface area (Å²) in [5, 5.41) is 3.12. The third kappa shape index (κ3) is 3.09. The minimum Gasteiger partial charge on any atom is -0.380 e. The molecule has 0 spiro atoms. The van der Waals surface area contributed by atoms with Gasteiger partial charge in [0.1, 0.15) is 12.3 Å². The molecule has 30 heavy (non-hydrogen) atoms. The fourth-order valence-electron chi connectivity index (χ4n) is 4.90. The minimum absolute atomic E-state index is 0.597. The van der Waals surface area contributed by atoms with Crippen LogP contribution in [0.4, 0.5) is 0 Å². The van der Waals surface area contributed by atoms with Gasteiger partial charge in [-0.25, -0.2) is 0 Å². The molecule has 0 saturated carbocycles. The molecule has 1 saturated heterocycles. The van der Waals surface area contributed by atoms with E-state index >= 15 is 0 Å². The lowest BCUT2D eigenvalue weighted by atomic mass is 10.4. The van der Waals surface area contributed by atoms with Crippen LogP contribution in [0.15, 0.2) is 91.0 Å². The fourth-order valence-corrected chi connectivity index (χ4v) is 82.3. The molecule has 0 aromatic heterocycles. The topological polar surface area (TPSA) is 9.23 Å². The van der Waals surface area contributed by atoms with E-state index in [4.69, 9.17) is 49.3 Å². The van der Waals surface area contributed by atoms with E-state index in [1.807, 2.05) is 18.2 Å². The van der Waals surface area contributed by atoms with Gasteiger partial charge in [0.2, 0.25) is 6.42 Å². The lowest BCUT2D eigenvalue weighted by Gasteiger charge is -2.60. The van der Waals surface area contributed by atoms with E-state index in [9.17, 15) is 0 Å². The van der Waals surface area contributed by atoms with E-state index in [0.717, 1.165) is 0 Å². The summed E-state index contributed by atoms with van der Waals surface area (Å²) in [5.74, 6) is 0. The number of hydrogen-bond donors (Lipinski definition) is 0. The molecular weight excluding hydrogens is 522 g/mol. The van der Waals surface area contributed by atoms with Gasteiger partial charge in [-0.1, -0.05) is 131 Å². The van der Waals surface area contributed by atoms with Crippen LogP contribution in [0.25, 0.3) is 0 Å². The van der Waals surface area contributed by atoms with E-state index in [0.29, 0.717) is 0 Å². The molecule has 3 aromatic carbocycles. The maximum absolute atomic E-state index is 7.60. The van der Waals surface area contributed by atoms with Crippen molar-refractivity contribution in [1.82, 2.24) is 0 Å². The summed E-state index contributed by atoms with van der Waals surface area (Å²) >= 11 is 28.8. The van der Waals surface area contributed by atoms with E-state index < -0.39 is 32.8 Å². The Hall–Kier alpha value is -0.352. The molecule has 9 heteroatoms. The van der Waals surface area contributed by atoms with Crippen molar-refractivity contribution >= 4 is 88.0 Å². The average molecular weight is 545 g/mol. The number of hydrogen-bond acceptors (Lipinski definition) is 1. The molecule has 1 nitrogen and oxygen atoms in total. The molecule has 0 aliphatic carbocycles. The zero-order valence-corrected chi connectivity index (χ0v) is 23.7. The van der Waals surface area contributed by atoms with E-state index in [-0.39, 0.29) is 0 Å². The van der Waals surface area contributed by atoms with Gasteiger partial charge in [0.15, 0.2) is 7.59 Å². The Morgan fingerprint density at radius 1 is 0.633 bits per heavy atom. The van der Waals surface area contributed by atoms with E-state index in [1.165, 1.54) is 15.6 Å². The predicted molar refractivity (Wildman–Crippen MR) is 141 cm³/mol. The van der Waals surface area contributed by atoms with Crippen molar-refractivity contribution in [1.29, 1.82) is 0 Å². The highest BCUT2D eigenvalue weighted by molar-refractivity contribution is 8.06. The van der Waals surface area contributed by atoms with E-state index in [2.05, 4.69) is 85.9 Å². The second-order valence-corrected chi connectivity index (χ2v) is 47.5. The van der Waals surface area contributed by atoms with Crippen molar-refractivity contribution in [3.05, 3.63) is 91.0 Å². The Labute approximate surface area is 200 Å². The first kappa shape index (κ1) is 22.8. The second kappa shape index (κ2) is 8.21. The lowest BCUT2D eigenvalue weighted by Crippen LogP contribution is -2.97. The van der Waals surface area contributed by atoms with Gasteiger partial charge in [0, 0.05) is 0 Å². The summed E-state index contributed by atoms with van der Waals surface area (Å²) in [6.45, 7) is 1.25. The molecule has 1 aliphatic rings. The smallest absolute Gasteiger partial charge is 0.380 e. The van der Waals surface area contributed by atoms with Crippen LogP contribution in [0.5, 0.6) is 0 Å². The Kier molecular flexibility index (Phi) is 6.25. The summed E-state index contributed by atoms with van der Waals surface area (Å²) in [7, 11) is -5.40. The van der Waals surface area contributed by atoms with Gasteiger partial charge in [-0.2, -0.15) is 11.1 Å². The van der Waals surface area contributed by atoms with Crippen molar-refractivity contribution in [2.45, 2.75) is 18.3 Å². The zero-order valence-electron chi connectivity index (χ0n) is 16.7. The monoisotopic (exact) mass is 542 g/mol. The molecule has 1 fully saturated rings. The third-order valence-electron chi connectivity index (χ3n) is 6.68. The van der Waals surface area contributed by atoms with Gasteiger partial charge in [-0.05, 0) is 0 Å². The highest BCUT2D eigenvalue weighted by Gasteiger charge is 2.79. The Bertz CT molecular complexity index is 981. The van der Waals surface area contributed by atoms with Gasteiger partial charge in [0.25, 0.3) is 0 Å². The normalized spacial score (nSPS) is 30.0. The van der Waals surface area contributed by atoms with Gasteiger partial charge in [-0.15, -0.1) is 22.2 Å². The van der Waals surface area contributed by atoms with Crippen molar-refractivity contribution in [2.24, 2.45) is 0 Å². The maximum Gasteiger partial charge on any atom is 0.383 e. The Morgan fingerprint density at radius 3 is 1.40 bits per heavy atom. The van der Waals surface area contributed by atoms with Crippen LogP contribution in [-0.2, 0) is 4.43 Å². The second-order valence-electron chi connectivity index (χ2n) is 7.98. The highest BCUT2D eigenvalue weighted by atomic mass is 35.7. The predicted octanol–water partition coefficient (Wildman–Crippen LogP) is 4.84. The van der Waals surface area contributed by atoms with Crippen molar-refractivity contribution < 1.29 is 4.43 Å². The molecule has 0 amide bonds. The van der Waals surface area contributed by atoms with Crippen LogP contribution in [0.3, 0.4) is 0 Å². The number of benzene rings is 3. The summed E-state index contributed by atoms with van der Waals surface area (Å²) < 4.78 is 6.39. The van der Waals surface area contributed by atoms with Crippen molar-refractivity contribution in [2.75, 3.05) is 0 Å². The molecule has 1 aliphatic heterocycles. The third-order valence-corrected chi connectivity index (χ3v) is 73.9. The van der Waals surface area contributed by atoms with Crippen LogP contribution in [0.2, 0.25) is 13.1 Å². The molecule has 0 bridgehead atoms. The lowest BCUT2D eigenvalue weighted by molar-refractivity contribution is 0.366. The molecule has 1 heterocycles. The molecule has 0 N–H and O–H groups in total. The molecule has 156 valence electrons. The number of alkyl halides is 1. The van der Waals surface area contributed by atoms with Gasteiger partial charge in [-0.3, -0.25) is 0 Å². The SMILES string of the molecule is C[Si]1(Cl)[Si](Cl)(Cl)OC(Cl)[Si](c2ccccc2)(c2ccccc2)[Si]1(C)c1ccccc1. The zero-order chi connectivity index (χ0) is 21.6. The quantitative estimate of drug-likeness (QED) is 0.261. The standard InChI is InChI=1S/C21H22Cl4OSi4/c1-27(18-12-6-3-7-13-18)28(2,23)30(24,25)26-21(22)29(27,19-14-8-4-9-15-19)20-16-10-5-11-17-20/h3-17,21H,1-2H3. The minimum atomic E-state index is -3.24. The molecule has 0 radical (unpaired) electrons. The van der Waals surface area contributed by atoms with Crippen molar-refractivity contribution in [3.8, 4) is 0 Å². The fraction of sp³-hybridized carbons (Fsp3) is 0.143. The largest absolute Gasteiger partial charge is 0.383 e. The molecule has 3 atom stereocenters. The van der Waals surface area contributed by atoms with Crippen LogP contribution >= 0.6 is 44.8 Å². The summed E-state index contributed by atoms with van der Waals surface area (Å²) in [5.41, 5.74) is 0. The first-order valence-electron chi connectivity index (χ1n) is 9.75. The molecule has 3 aromatic rings. The Balaban J connectivity index is 2.19. The van der Waals surface area contributed by atoms with Crippen LogP contribution in [0.1, 0.15) is 0 Å². The first-order chi connectivity index (χ1) is 14.2. The molecular formula is C21H22Cl4OSi4. The number of halogens is 4. The molecule has 4 rings (SSSR count). The van der Waals surface area contributed by atoms with Gasteiger partial charge >= 0.3 is 6.45 Å². The van der Waals surface area contributed by atoms with E-state index in [1.54, 1.807) is 0 Å². The summed E-state index contributed by atoms with van der Waals surface area (Å²) in [6, 6.07) is 31.7. The van der Waals surface area contributed by atoms with Crippen LogP contribution in [0, 0.1) is 0 Å². The number of rotatable bonds is 3. The van der Waals surface area contributed by atoms with Gasteiger partial charge < -0.3 is 4.43 Å².